The molecule has 1 heteroatoms. The van der Waals surface area contributed by atoms with Gasteiger partial charge in [-0.2, -0.15) is 0 Å². The first kappa shape index (κ1) is 16.1. The molecule has 0 atom stereocenters. The zero-order valence-corrected chi connectivity index (χ0v) is 15.8. The van der Waals surface area contributed by atoms with Crippen LogP contribution in [0.25, 0.3) is 11.1 Å². The lowest BCUT2D eigenvalue weighted by atomic mass is 9.80. The van der Waals surface area contributed by atoms with Gasteiger partial charge in [-0.3, -0.25) is 0 Å². The van der Waals surface area contributed by atoms with E-state index in [9.17, 15) is 0 Å². The summed E-state index contributed by atoms with van der Waals surface area (Å²) in [6.07, 6.45) is 8.00. The Morgan fingerprint density at radius 1 is 1.13 bits per heavy atom. The molecular weight excluding hydrogens is 391 g/mol. The zero-order valence-electron chi connectivity index (χ0n) is 13.7. The lowest BCUT2D eigenvalue weighted by Gasteiger charge is -2.23. The third-order valence-corrected chi connectivity index (χ3v) is 5.34. The van der Waals surface area contributed by atoms with Crippen molar-refractivity contribution in [3.8, 4) is 12.3 Å². The van der Waals surface area contributed by atoms with Gasteiger partial charge in [-0.1, -0.05) is 56.2 Å². The van der Waals surface area contributed by atoms with Crippen LogP contribution in [0, 0.1) is 15.9 Å². The van der Waals surface area contributed by atoms with E-state index >= 15 is 0 Å². The monoisotopic (exact) mass is 410 g/mol. The Labute approximate surface area is 152 Å². The van der Waals surface area contributed by atoms with Crippen LogP contribution in [-0.2, 0) is 5.41 Å². The molecule has 3 rings (SSSR count). The Bertz CT molecular complexity index is 859. The van der Waals surface area contributed by atoms with Crippen LogP contribution in [0.4, 0.5) is 0 Å². The maximum Gasteiger partial charge on any atom is 0.0318 e. The summed E-state index contributed by atoms with van der Waals surface area (Å²) in [5, 5.41) is 0. The van der Waals surface area contributed by atoms with Crippen molar-refractivity contribution in [1.29, 1.82) is 0 Å². The van der Waals surface area contributed by atoms with E-state index in [1.807, 2.05) is 18.2 Å². The number of terminal acetylenes is 1. The summed E-state index contributed by atoms with van der Waals surface area (Å²) in [4.78, 5) is 0. The quantitative estimate of drug-likeness (QED) is 0.416. The van der Waals surface area contributed by atoms with E-state index in [0.717, 1.165) is 11.1 Å². The molecule has 0 aliphatic heterocycles. The average molecular weight is 410 g/mol. The molecule has 0 unspecified atom stereocenters. The van der Waals surface area contributed by atoms with Gasteiger partial charge in [0.05, 0.1) is 0 Å². The molecule has 0 aromatic heterocycles. The predicted octanol–water partition coefficient (Wildman–Crippen LogP) is 6.07. The van der Waals surface area contributed by atoms with Crippen molar-refractivity contribution in [3.63, 3.8) is 0 Å². The minimum atomic E-state index is -0.0303. The van der Waals surface area contributed by atoms with Crippen LogP contribution >= 0.6 is 22.6 Å². The zero-order chi connectivity index (χ0) is 16.6. The minimum Gasteiger partial charge on any atom is -0.115 e. The van der Waals surface area contributed by atoms with E-state index in [1.165, 1.54) is 25.8 Å². The molecule has 0 spiro atoms. The van der Waals surface area contributed by atoms with Crippen molar-refractivity contribution < 1.29 is 0 Å². The molecule has 0 radical (unpaired) electrons. The third-order valence-electron chi connectivity index (χ3n) is 4.67. The Morgan fingerprint density at radius 2 is 1.83 bits per heavy atom. The topological polar surface area (TPSA) is 0 Å². The molecule has 0 saturated carbocycles. The molecule has 0 bridgehead atoms. The molecule has 1 aliphatic carbocycles. The lowest BCUT2D eigenvalue weighted by Crippen LogP contribution is -2.16. The minimum absolute atomic E-state index is 0.0303. The normalized spacial score (nSPS) is 16.2. The van der Waals surface area contributed by atoms with E-state index in [2.05, 4.69) is 85.7 Å². The molecule has 0 N–H and O–H groups in total. The smallest absolute Gasteiger partial charge is 0.0318 e. The van der Waals surface area contributed by atoms with Gasteiger partial charge in [-0.25, -0.2) is 0 Å². The van der Waals surface area contributed by atoms with Crippen LogP contribution in [0.1, 0.15) is 37.5 Å². The second-order valence-electron chi connectivity index (χ2n) is 6.42. The number of benzene rings is 2. The standard InChI is InChI=1S/C22H19I/c1-5-16(17-9-7-6-8-10-17)13-20-15(2)19-12-11-18(23)14-21(19)22(20,3)4/h1,6-14H,2-4H3/b16-13+. The van der Waals surface area contributed by atoms with Gasteiger partial charge in [0.15, 0.2) is 0 Å². The van der Waals surface area contributed by atoms with Crippen molar-refractivity contribution in [2.75, 3.05) is 0 Å². The van der Waals surface area contributed by atoms with Crippen LogP contribution in [0.2, 0.25) is 0 Å². The van der Waals surface area contributed by atoms with Crippen LogP contribution in [0.15, 0.2) is 60.2 Å². The van der Waals surface area contributed by atoms with Gasteiger partial charge in [-0.15, -0.1) is 6.42 Å². The lowest BCUT2D eigenvalue weighted by molar-refractivity contribution is 0.654. The fourth-order valence-electron chi connectivity index (χ4n) is 3.38. The van der Waals surface area contributed by atoms with Gasteiger partial charge >= 0.3 is 0 Å². The van der Waals surface area contributed by atoms with Crippen molar-refractivity contribution in [1.82, 2.24) is 0 Å². The molecule has 0 saturated heterocycles. The van der Waals surface area contributed by atoms with Gasteiger partial charge in [0, 0.05) is 14.6 Å². The maximum atomic E-state index is 5.80. The van der Waals surface area contributed by atoms with Crippen LogP contribution in [-0.4, -0.2) is 0 Å². The van der Waals surface area contributed by atoms with Gasteiger partial charge < -0.3 is 0 Å². The molecule has 23 heavy (non-hydrogen) atoms. The average Bonchev–Trinajstić information content (AvgIpc) is 2.73. The van der Waals surface area contributed by atoms with E-state index in [-0.39, 0.29) is 5.41 Å². The van der Waals surface area contributed by atoms with Crippen LogP contribution in [0.3, 0.4) is 0 Å². The number of hydrogen-bond donors (Lipinski definition) is 0. The Morgan fingerprint density at radius 3 is 2.48 bits per heavy atom. The second kappa shape index (κ2) is 6.02. The van der Waals surface area contributed by atoms with Gasteiger partial charge in [0.25, 0.3) is 0 Å². The van der Waals surface area contributed by atoms with Crippen molar-refractivity contribution in [2.45, 2.75) is 26.2 Å². The van der Waals surface area contributed by atoms with Crippen molar-refractivity contribution in [2.24, 2.45) is 0 Å². The van der Waals surface area contributed by atoms with Crippen molar-refractivity contribution in [3.05, 3.63) is 80.4 Å². The second-order valence-corrected chi connectivity index (χ2v) is 7.67. The number of fused-ring (bicyclic) bond motifs is 1. The van der Waals surface area contributed by atoms with Crippen LogP contribution < -0.4 is 0 Å². The molecule has 0 fully saturated rings. The van der Waals surface area contributed by atoms with E-state index in [1.54, 1.807) is 0 Å². The van der Waals surface area contributed by atoms with E-state index in [4.69, 9.17) is 6.42 Å². The highest BCUT2D eigenvalue weighted by atomic mass is 127. The third kappa shape index (κ3) is 2.77. The summed E-state index contributed by atoms with van der Waals surface area (Å²) in [5.74, 6) is 2.87. The first-order chi connectivity index (χ1) is 10.9. The number of hydrogen-bond acceptors (Lipinski definition) is 0. The highest BCUT2D eigenvalue weighted by Crippen LogP contribution is 2.47. The summed E-state index contributed by atoms with van der Waals surface area (Å²) in [7, 11) is 0. The fraction of sp³-hybridized carbons (Fsp3) is 0.182. The Balaban J connectivity index is 2.16. The molecule has 2 aromatic carbocycles. The summed E-state index contributed by atoms with van der Waals surface area (Å²) >= 11 is 2.38. The van der Waals surface area contributed by atoms with Gasteiger partial charge in [0.1, 0.15) is 0 Å². The molecule has 2 aromatic rings. The summed E-state index contributed by atoms with van der Waals surface area (Å²) < 4.78 is 1.27. The molecular formula is C22H19I. The first-order valence-electron chi connectivity index (χ1n) is 7.70. The summed E-state index contributed by atoms with van der Waals surface area (Å²) in [6.45, 7) is 6.76. The highest BCUT2D eigenvalue weighted by molar-refractivity contribution is 14.1. The van der Waals surface area contributed by atoms with E-state index in [0.29, 0.717) is 0 Å². The van der Waals surface area contributed by atoms with Gasteiger partial charge in [0.2, 0.25) is 0 Å². The number of allylic oxidation sites excluding steroid dienone is 4. The fourth-order valence-corrected chi connectivity index (χ4v) is 3.87. The number of halogens is 1. The molecule has 0 heterocycles. The Hall–Kier alpha value is -1.79. The van der Waals surface area contributed by atoms with E-state index < -0.39 is 0 Å². The Kier molecular flexibility index (Phi) is 4.21. The maximum absolute atomic E-state index is 5.80. The van der Waals surface area contributed by atoms with Crippen LogP contribution in [0.5, 0.6) is 0 Å². The van der Waals surface area contributed by atoms with Gasteiger partial charge in [-0.05, 0) is 75.6 Å². The summed E-state index contributed by atoms with van der Waals surface area (Å²) in [6, 6.07) is 16.9. The summed E-state index contributed by atoms with van der Waals surface area (Å²) in [5.41, 5.74) is 7.37. The SMILES string of the molecule is C#C/C(=C\C1=C(C)c2ccc(I)cc2C1(C)C)c1ccccc1. The molecule has 1 aliphatic rings. The molecule has 0 amide bonds. The first-order valence-corrected chi connectivity index (χ1v) is 8.78. The molecule has 0 nitrogen and oxygen atoms in total. The molecule has 114 valence electrons. The highest BCUT2D eigenvalue weighted by Gasteiger charge is 2.35. The predicted molar refractivity (Wildman–Crippen MR) is 108 cm³/mol. The van der Waals surface area contributed by atoms with Crippen molar-refractivity contribution >= 4 is 33.7 Å². The number of rotatable bonds is 2. The largest absolute Gasteiger partial charge is 0.115 e.